The van der Waals surface area contributed by atoms with Gasteiger partial charge in [-0.3, -0.25) is 0 Å². The first-order valence-corrected chi connectivity index (χ1v) is 6.92. The minimum atomic E-state index is -0.767. The van der Waals surface area contributed by atoms with Crippen LogP contribution in [0.2, 0.25) is 0 Å². The minimum Gasteiger partial charge on any atom is -0.394 e. The fourth-order valence-corrected chi connectivity index (χ4v) is 2.30. The van der Waals surface area contributed by atoms with Crippen LogP contribution >= 0.6 is 0 Å². The van der Waals surface area contributed by atoms with Crippen LogP contribution in [0.3, 0.4) is 0 Å². The van der Waals surface area contributed by atoms with Crippen molar-refractivity contribution >= 4 is 0 Å². The van der Waals surface area contributed by atoms with E-state index in [9.17, 15) is 5.11 Å². The number of nitrogens with one attached hydrogen (secondary N) is 1. The fraction of sp³-hybridized carbons (Fsp3) is 1.00. The van der Waals surface area contributed by atoms with Crippen LogP contribution < -0.4 is 5.32 Å². The highest BCUT2D eigenvalue weighted by molar-refractivity contribution is 4.73. The number of hydrogen-bond donors (Lipinski definition) is 4. The summed E-state index contributed by atoms with van der Waals surface area (Å²) >= 11 is 0. The maximum absolute atomic E-state index is 9.72. The lowest BCUT2D eigenvalue weighted by Gasteiger charge is -2.29. The second-order valence-corrected chi connectivity index (χ2v) is 5.28. The first-order chi connectivity index (χ1) is 8.63. The standard InChI is InChI=1S/C13H27NO4/c1-10-4-2-3-5-13(10)18-9-12(17)7-14-6-11(16)8-15/h10-17H,2-9H2,1H3. The maximum atomic E-state index is 9.72. The van der Waals surface area contributed by atoms with Gasteiger partial charge in [0.05, 0.1) is 31.5 Å². The van der Waals surface area contributed by atoms with Crippen LogP contribution in [0.1, 0.15) is 32.6 Å². The summed E-state index contributed by atoms with van der Waals surface area (Å²) in [7, 11) is 0. The molecule has 108 valence electrons. The average molecular weight is 261 g/mol. The number of aliphatic hydroxyl groups is 3. The zero-order valence-electron chi connectivity index (χ0n) is 11.2. The molecule has 4 unspecified atom stereocenters. The van der Waals surface area contributed by atoms with Gasteiger partial charge in [-0.05, 0) is 18.8 Å². The minimum absolute atomic E-state index is 0.265. The van der Waals surface area contributed by atoms with E-state index in [1.807, 2.05) is 0 Å². The van der Waals surface area contributed by atoms with Crippen molar-refractivity contribution in [2.24, 2.45) is 5.92 Å². The van der Waals surface area contributed by atoms with Crippen molar-refractivity contribution < 1.29 is 20.1 Å². The molecule has 18 heavy (non-hydrogen) atoms. The van der Waals surface area contributed by atoms with Gasteiger partial charge < -0.3 is 25.4 Å². The average Bonchev–Trinajstić information content (AvgIpc) is 2.37. The Morgan fingerprint density at radius 1 is 1.17 bits per heavy atom. The van der Waals surface area contributed by atoms with Crippen LogP contribution in [0.4, 0.5) is 0 Å². The Morgan fingerprint density at radius 3 is 2.50 bits per heavy atom. The Kier molecular flexibility index (Phi) is 7.77. The molecular formula is C13H27NO4. The first-order valence-electron chi connectivity index (χ1n) is 6.92. The number of ether oxygens (including phenoxy) is 1. The normalized spacial score (nSPS) is 28.0. The second kappa shape index (κ2) is 8.82. The van der Waals surface area contributed by atoms with Gasteiger partial charge in [0.25, 0.3) is 0 Å². The smallest absolute Gasteiger partial charge is 0.0897 e. The van der Waals surface area contributed by atoms with E-state index in [1.54, 1.807) is 0 Å². The third-order valence-electron chi connectivity index (χ3n) is 3.51. The molecule has 0 bridgehead atoms. The summed E-state index contributed by atoms with van der Waals surface area (Å²) in [5, 5.41) is 30.4. The summed E-state index contributed by atoms with van der Waals surface area (Å²) in [6, 6.07) is 0. The fourth-order valence-electron chi connectivity index (χ4n) is 2.30. The SMILES string of the molecule is CC1CCCCC1OCC(O)CNCC(O)CO. The largest absolute Gasteiger partial charge is 0.394 e. The van der Waals surface area contributed by atoms with E-state index in [0.29, 0.717) is 19.1 Å². The van der Waals surface area contributed by atoms with Gasteiger partial charge in [-0.15, -0.1) is 0 Å². The van der Waals surface area contributed by atoms with E-state index in [1.165, 1.54) is 19.3 Å². The summed E-state index contributed by atoms with van der Waals surface area (Å²) in [6.45, 7) is 2.92. The lowest BCUT2D eigenvalue weighted by molar-refractivity contribution is -0.0457. The maximum Gasteiger partial charge on any atom is 0.0897 e. The highest BCUT2D eigenvalue weighted by Crippen LogP contribution is 2.26. The van der Waals surface area contributed by atoms with E-state index in [-0.39, 0.29) is 19.3 Å². The quantitative estimate of drug-likeness (QED) is 0.490. The van der Waals surface area contributed by atoms with Gasteiger partial charge in [-0.1, -0.05) is 19.8 Å². The Morgan fingerprint density at radius 2 is 1.83 bits per heavy atom. The molecule has 0 heterocycles. The van der Waals surface area contributed by atoms with Crippen molar-refractivity contribution in [2.75, 3.05) is 26.3 Å². The van der Waals surface area contributed by atoms with Crippen molar-refractivity contribution in [3.63, 3.8) is 0 Å². The molecule has 0 aromatic rings. The van der Waals surface area contributed by atoms with E-state index in [4.69, 9.17) is 14.9 Å². The monoisotopic (exact) mass is 261 g/mol. The topological polar surface area (TPSA) is 82.0 Å². The van der Waals surface area contributed by atoms with Gasteiger partial charge in [0.2, 0.25) is 0 Å². The summed E-state index contributed by atoms with van der Waals surface area (Å²) in [5.74, 6) is 0.579. The molecule has 5 heteroatoms. The van der Waals surface area contributed by atoms with Crippen molar-refractivity contribution in [1.29, 1.82) is 0 Å². The Labute approximate surface area is 109 Å². The zero-order valence-corrected chi connectivity index (χ0v) is 11.2. The van der Waals surface area contributed by atoms with E-state index in [2.05, 4.69) is 12.2 Å². The third kappa shape index (κ3) is 6.11. The third-order valence-corrected chi connectivity index (χ3v) is 3.51. The van der Waals surface area contributed by atoms with Crippen molar-refractivity contribution in [3.05, 3.63) is 0 Å². The molecule has 0 amide bonds. The molecule has 1 fully saturated rings. The number of hydrogen-bond acceptors (Lipinski definition) is 5. The summed E-state index contributed by atoms with van der Waals surface area (Å²) < 4.78 is 5.74. The molecule has 1 saturated carbocycles. The van der Waals surface area contributed by atoms with E-state index in [0.717, 1.165) is 6.42 Å². The predicted octanol–water partition coefficient (Wildman–Crippen LogP) is -0.115. The van der Waals surface area contributed by atoms with Gasteiger partial charge in [-0.25, -0.2) is 0 Å². The van der Waals surface area contributed by atoms with Gasteiger partial charge in [0.1, 0.15) is 0 Å². The Hall–Kier alpha value is -0.200. The summed E-state index contributed by atoms with van der Waals surface area (Å²) in [4.78, 5) is 0. The highest BCUT2D eigenvalue weighted by atomic mass is 16.5. The van der Waals surface area contributed by atoms with E-state index < -0.39 is 12.2 Å². The first kappa shape index (κ1) is 15.9. The summed E-state index contributed by atoms with van der Waals surface area (Å²) in [5.41, 5.74) is 0. The molecule has 0 aromatic carbocycles. The van der Waals surface area contributed by atoms with E-state index >= 15 is 0 Å². The Balaban J connectivity index is 2.07. The van der Waals surface area contributed by atoms with Gasteiger partial charge >= 0.3 is 0 Å². The molecule has 0 saturated heterocycles. The van der Waals surface area contributed by atoms with Crippen LogP contribution in [-0.4, -0.2) is 59.9 Å². The molecule has 0 radical (unpaired) electrons. The molecular weight excluding hydrogens is 234 g/mol. The molecule has 0 aromatic heterocycles. The van der Waals surface area contributed by atoms with Crippen molar-refractivity contribution in [3.8, 4) is 0 Å². The predicted molar refractivity (Wildman–Crippen MR) is 69.3 cm³/mol. The van der Waals surface area contributed by atoms with Crippen LogP contribution in [0.15, 0.2) is 0 Å². The molecule has 0 aliphatic heterocycles. The summed E-state index contributed by atoms with van der Waals surface area (Å²) in [6.07, 6.45) is 3.74. The van der Waals surface area contributed by atoms with Gasteiger partial charge in [0.15, 0.2) is 0 Å². The molecule has 1 rings (SSSR count). The van der Waals surface area contributed by atoms with Gasteiger partial charge in [0, 0.05) is 13.1 Å². The molecule has 5 nitrogen and oxygen atoms in total. The lowest BCUT2D eigenvalue weighted by atomic mass is 9.88. The number of aliphatic hydroxyl groups excluding tert-OH is 3. The Bertz CT molecular complexity index is 215. The van der Waals surface area contributed by atoms with Crippen molar-refractivity contribution in [2.45, 2.75) is 50.9 Å². The van der Waals surface area contributed by atoms with Crippen LogP contribution in [-0.2, 0) is 4.74 Å². The molecule has 0 spiro atoms. The molecule has 1 aliphatic rings. The zero-order chi connectivity index (χ0) is 13.4. The molecule has 4 atom stereocenters. The van der Waals surface area contributed by atoms with Crippen LogP contribution in [0.5, 0.6) is 0 Å². The molecule has 4 N–H and O–H groups in total. The second-order valence-electron chi connectivity index (χ2n) is 5.28. The van der Waals surface area contributed by atoms with Crippen molar-refractivity contribution in [1.82, 2.24) is 5.32 Å². The van der Waals surface area contributed by atoms with Gasteiger partial charge in [-0.2, -0.15) is 0 Å². The van der Waals surface area contributed by atoms with Crippen LogP contribution in [0.25, 0.3) is 0 Å². The highest BCUT2D eigenvalue weighted by Gasteiger charge is 2.22. The van der Waals surface area contributed by atoms with Crippen LogP contribution in [0, 0.1) is 5.92 Å². The lowest BCUT2D eigenvalue weighted by Crippen LogP contribution is -2.38. The number of rotatable bonds is 8. The molecule has 1 aliphatic carbocycles.